The molecule has 0 rings (SSSR count). The van der Waals surface area contributed by atoms with E-state index in [1.165, 1.54) is 39.3 Å². The third-order valence-corrected chi connectivity index (χ3v) is 6.45. The van der Waals surface area contributed by atoms with E-state index in [0.29, 0.717) is 0 Å². The van der Waals surface area contributed by atoms with E-state index in [2.05, 4.69) is 51.3 Å². The molecule has 17 heteroatoms. The monoisotopic (exact) mass is 499 g/mol. The van der Waals surface area contributed by atoms with Crippen molar-refractivity contribution in [2.75, 3.05) is 39.3 Å². The summed E-state index contributed by atoms with van der Waals surface area (Å²) >= 11 is 0. The van der Waals surface area contributed by atoms with Crippen molar-refractivity contribution in [3.05, 3.63) is 0 Å². The van der Waals surface area contributed by atoms with Crippen LogP contribution < -0.4 is 14.4 Å². The van der Waals surface area contributed by atoms with Crippen LogP contribution >= 0.6 is 0 Å². The van der Waals surface area contributed by atoms with E-state index in [1.54, 1.807) is 0 Å². The SMILES string of the molecule is CCN(CC)CC.CCN(CC)CC.F.N.O=S(=O)(F)NS(=O)(=O)NS(=O)(=O)F. The molecule has 0 bridgehead atoms. The topological polar surface area (TPSA) is 168 Å². The Morgan fingerprint density at radius 2 is 0.759 bits per heavy atom. The maximum absolute atomic E-state index is 11.6. The van der Waals surface area contributed by atoms with E-state index in [4.69, 9.17) is 0 Å². The second-order valence-electron chi connectivity index (χ2n) is 4.78. The van der Waals surface area contributed by atoms with Crippen molar-refractivity contribution in [1.82, 2.24) is 24.2 Å². The predicted octanol–water partition coefficient (Wildman–Crippen LogP) is 0.850. The third-order valence-electron chi connectivity index (χ3n) is 3.10. The summed E-state index contributed by atoms with van der Waals surface area (Å²) in [6.07, 6.45) is 0. The van der Waals surface area contributed by atoms with Crippen LogP contribution in [-0.4, -0.2) is 74.3 Å². The molecule has 0 atom stereocenters. The maximum Gasteiger partial charge on any atom is 0.386 e. The van der Waals surface area contributed by atoms with Crippen LogP contribution in [0.4, 0.5) is 12.5 Å². The Morgan fingerprint density at radius 1 is 0.586 bits per heavy atom. The minimum absolute atomic E-state index is 0. The lowest BCUT2D eigenvalue weighted by Crippen LogP contribution is -2.40. The number of hydrogen-bond donors (Lipinski definition) is 3. The summed E-state index contributed by atoms with van der Waals surface area (Å²) in [4.78, 5) is 4.75. The van der Waals surface area contributed by atoms with Crippen LogP contribution in [0.25, 0.3) is 0 Å². The van der Waals surface area contributed by atoms with Crippen molar-refractivity contribution in [1.29, 1.82) is 0 Å². The second kappa shape index (κ2) is 19.4. The fourth-order valence-corrected chi connectivity index (χ4v) is 4.16. The van der Waals surface area contributed by atoms with Crippen LogP contribution in [0.1, 0.15) is 41.5 Å². The first kappa shape index (κ1) is 39.0. The van der Waals surface area contributed by atoms with Crippen molar-refractivity contribution < 1.29 is 37.7 Å². The summed E-state index contributed by atoms with van der Waals surface area (Å²) in [6, 6.07) is 0. The van der Waals surface area contributed by atoms with Crippen molar-refractivity contribution in [2.24, 2.45) is 0 Å². The lowest BCUT2D eigenvalue weighted by Gasteiger charge is -2.13. The third kappa shape index (κ3) is 32.3. The fraction of sp³-hybridized carbons (Fsp3) is 1.00. The lowest BCUT2D eigenvalue weighted by molar-refractivity contribution is 0.321. The van der Waals surface area contributed by atoms with Gasteiger partial charge in [0.25, 0.3) is 0 Å². The molecule has 0 aliphatic heterocycles. The molecule has 0 aliphatic carbocycles. The summed E-state index contributed by atoms with van der Waals surface area (Å²) in [5.74, 6) is 0. The lowest BCUT2D eigenvalue weighted by atomic mass is 10.5. The molecular formula is C12H36F3N5O6S3. The summed E-state index contributed by atoms with van der Waals surface area (Å²) in [5.41, 5.74) is 0. The average Bonchev–Trinajstić information content (AvgIpc) is 2.47. The van der Waals surface area contributed by atoms with E-state index in [9.17, 15) is 33.0 Å². The zero-order valence-electron chi connectivity index (χ0n) is 17.7. The van der Waals surface area contributed by atoms with Crippen molar-refractivity contribution >= 4 is 31.0 Å². The van der Waals surface area contributed by atoms with Crippen LogP contribution in [0.5, 0.6) is 0 Å². The van der Waals surface area contributed by atoms with Gasteiger partial charge in [0.1, 0.15) is 0 Å². The minimum atomic E-state index is -5.69. The molecule has 0 radical (unpaired) electrons. The van der Waals surface area contributed by atoms with E-state index in [0.717, 1.165) is 0 Å². The first-order chi connectivity index (χ1) is 12.1. The normalized spacial score (nSPS) is 11.4. The van der Waals surface area contributed by atoms with Crippen LogP contribution in [0.2, 0.25) is 0 Å². The summed E-state index contributed by atoms with van der Waals surface area (Å²) in [6.45, 7) is 20.2. The largest absolute Gasteiger partial charge is 0.386 e. The number of nitrogens with zero attached hydrogens (tertiary/aromatic N) is 2. The predicted molar refractivity (Wildman–Crippen MR) is 110 cm³/mol. The van der Waals surface area contributed by atoms with Gasteiger partial charge in [0.05, 0.1) is 0 Å². The average molecular weight is 500 g/mol. The molecule has 0 spiro atoms. The standard InChI is InChI=1S/2C6H15N.F2H2N2O6S3.FH.H3N/c2*1-4-7(5-2)6-3;1-11(5,6)3-13(9,10)4-12(2,7)8;;/h2*4-6H2,1-3H3;3-4H;1H;1H3. The Bertz CT molecular complexity index is 606. The molecule has 0 fully saturated rings. The Labute approximate surface area is 174 Å². The van der Waals surface area contributed by atoms with Crippen LogP contribution in [0.15, 0.2) is 0 Å². The highest BCUT2D eigenvalue weighted by Crippen LogP contribution is 1.92. The number of nitrogens with one attached hydrogen (secondary N) is 2. The van der Waals surface area contributed by atoms with Gasteiger partial charge in [-0.3, -0.25) is 4.70 Å². The summed E-state index contributed by atoms with van der Waals surface area (Å²) in [7, 11) is -16.7. The molecule has 0 saturated heterocycles. The molecule has 0 heterocycles. The fourth-order valence-electron chi connectivity index (χ4n) is 1.62. The van der Waals surface area contributed by atoms with Gasteiger partial charge < -0.3 is 16.0 Å². The highest BCUT2D eigenvalue weighted by atomic mass is 32.3. The first-order valence-electron chi connectivity index (χ1n) is 8.27. The van der Waals surface area contributed by atoms with Crippen molar-refractivity contribution in [3.63, 3.8) is 0 Å². The van der Waals surface area contributed by atoms with Gasteiger partial charge in [0.2, 0.25) is 0 Å². The van der Waals surface area contributed by atoms with Crippen LogP contribution in [0, 0.1) is 0 Å². The van der Waals surface area contributed by atoms with Crippen molar-refractivity contribution in [2.45, 2.75) is 41.5 Å². The van der Waals surface area contributed by atoms with Gasteiger partial charge in [-0.25, -0.2) is 0 Å². The molecule has 29 heavy (non-hydrogen) atoms. The zero-order chi connectivity index (χ0) is 22.3. The van der Waals surface area contributed by atoms with Crippen molar-refractivity contribution in [3.8, 4) is 0 Å². The quantitative estimate of drug-likeness (QED) is 0.369. The molecule has 0 aromatic rings. The molecule has 0 aliphatic rings. The van der Waals surface area contributed by atoms with E-state index < -0.39 is 31.0 Å². The number of hydrogen-bond acceptors (Lipinski definition) is 9. The summed E-state index contributed by atoms with van der Waals surface area (Å²) in [5, 5.41) is 0. The Hall–Kier alpha value is -0.560. The van der Waals surface area contributed by atoms with Gasteiger partial charge in [0.15, 0.2) is 0 Å². The maximum atomic E-state index is 11.6. The van der Waals surface area contributed by atoms with Gasteiger partial charge in [0, 0.05) is 0 Å². The highest BCUT2D eigenvalue weighted by Gasteiger charge is 2.25. The minimum Gasteiger partial charge on any atom is -0.344 e. The second-order valence-corrected chi connectivity index (χ2v) is 8.88. The van der Waals surface area contributed by atoms with Gasteiger partial charge in [-0.15, -0.1) is 0 Å². The Morgan fingerprint density at radius 3 is 0.828 bits per heavy atom. The van der Waals surface area contributed by atoms with E-state index >= 15 is 0 Å². The van der Waals surface area contributed by atoms with Gasteiger partial charge >= 0.3 is 31.0 Å². The molecule has 0 aromatic carbocycles. The summed E-state index contributed by atoms with van der Waals surface area (Å²) < 4.78 is 82.4. The molecule has 0 saturated carbocycles. The van der Waals surface area contributed by atoms with E-state index in [-0.39, 0.29) is 19.1 Å². The number of rotatable bonds is 10. The molecule has 0 unspecified atom stereocenters. The molecule has 11 nitrogen and oxygen atoms in total. The van der Waals surface area contributed by atoms with Crippen LogP contribution in [-0.2, 0) is 31.0 Å². The Kier molecular flexibility index (Phi) is 26.1. The molecule has 0 aromatic heterocycles. The highest BCUT2D eigenvalue weighted by molar-refractivity contribution is 8.07. The first-order valence-corrected chi connectivity index (χ1v) is 12.5. The molecular weight excluding hydrogens is 463 g/mol. The van der Waals surface area contributed by atoms with Gasteiger partial charge in [-0.2, -0.15) is 25.3 Å². The smallest absolute Gasteiger partial charge is 0.344 e. The zero-order valence-corrected chi connectivity index (χ0v) is 20.1. The van der Waals surface area contributed by atoms with E-state index in [1.807, 2.05) is 0 Å². The molecule has 0 amide bonds. The van der Waals surface area contributed by atoms with Gasteiger partial charge in [-0.1, -0.05) is 57.6 Å². The molecule has 5 N–H and O–H groups in total. The Balaban J connectivity index is -0.000000104. The number of halogens is 3. The van der Waals surface area contributed by atoms with Gasteiger partial charge in [-0.05, 0) is 39.3 Å². The molecule has 184 valence electrons. The van der Waals surface area contributed by atoms with Crippen LogP contribution in [0.3, 0.4) is 0 Å².